The van der Waals surface area contributed by atoms with E-state index in [2.05, 4.69) is 98.8 Å². The number of thiophene rings is 2. The summed E-state index contributed by atoms with van der Waals surface area (Å²) in [6.07, 6.45) is 0. The van der Waals surface area contributed by atoms with Crippen LogP contribution in [-0.2, 0) is 5.41 Å². The van der Waals surface area contributed by atoms with E-state index in [1.165, 1.54) is 73.4 Å². The van der Waals surface area contributed by atoms with Crippen molar-refractivity contribution >= 4 is 73.8 Å². The minimum atomic E-state index is 0.00646. The van der Waals surface area contributed by atoms with Gasteiger partial charge in [-0.15, -0.1) is 22.7 Å². The second-order valence-electron chi connectivity index (χ2n) is 9.71. The Morgan fingerprint density at radius 2 is 1.27 bits per heavy atom. The molecule has 0 amide bonds. The van der Waals surface area contributed by atoms with Gasteiger partial charge in [-0.25, -0.2) is 0 Å². The van der Waals surface area contributed by atoms with Crippen LogP contribution in [0.4, 0.5) is 0 Å². The van der Waals surface area contributed by atoms with Crippen molar-refractivity contribution in [1.82, 2.24) is 0 Å². The van der Waals surface area contributed by atoms with E-state index in [0.717, 1.165) is 0 Å². The van der Waals surface area contributed by atoms with Crippen LogP contribution in [0.5, 0.6) is 0 Å². The van der Waals surface area contributed by atoms with Crippen LogP contribution in [0, 0.1) is 0 Å². The van der Waals surface area contributed by atoms with E-state index >= 15 is 0 Å². The van der Waals surface area contributed by atoms with E-state index in [9.17, 15) is 0 Å². The van der Waals surface area contributed by atoms with Gasteiger partial charge in [0, 0.05) is 51.1 Å². The molecule has 2 heterocycles. The lowest BCUT2D eigenvalue weighted by Gasteiger charge is -2.22. The molecule has 156 valence electrons. The van der Waals surface area contributed by atoms with Gasteiger partial charge in [-0.05, 0) is 45.8 Å². The highest BCUT2D eigenvalue weighted by atomic mass is 32.1. The summed E-state index contributed by atoms with van der Waals surface area (Å²) in [4.78, 5) is 0. The van der Waals surface area contributed by atoms with E-state index in [1.54, 1.807) is 0 Å². The van der Waals surface area contributed by atoms with E-state index in [0.29, 0.717) is 0 Å². The summed E-state index contributed by atoms with van der Waals surface area (Å²) < 4.78 is 5.59. The molecule has 0 bridgehead atoms. The zero-order valence-corrected chi connectivity index (χ0v) is 20.0. The monoisotopic (exact) mass is 456 g/mol. The summed E-state index contributed by atoms with van der Waals surface area (Å²) in [5, 5.41) is 8.38. The molecule has 0 fully saturated rings. The molecule has 0 spiro atoms. The van der Waals surface area contributed by atoms with Crippen molar-refractivity contribution in [2.45, 2.75) is 19.3 Å². The second kappa shape index (κ2) is 6.02. The zero-order valence-electron chi connectivity index (χ0n) is 18.4. The molecule has 7 aromatic rings. The molecule has 0 saturated heterocycles. The lowest BCUT2D eigenvalue weighted by molar-refractivity contribution is 0.667. The Balaban J connectivity index is 1.61. The molecule has 8 rings (SSSR count). The topological polar surface area (TPSA) is 0 Å². The molecule has 1 aliphatic carbocycles. The van der Waals surface area contributed by atoms with Crippen LogP contribution in [0.3, 0.4) is 0 Å². The average molecular weight is 457 g/mol. The summed E-state index contributed by atoms with van der Waals surface area (Å²) in [5.74, 6) is 0. The van der Waals surface area contributed by atoms with Crippen LogP contribution in [0.1, 0.15) is 25.0 Å². The molecule has 2 heteroatoms. The maximum absolute atomic E-state index is 2.39. The molecule has 5 aromatic carbocycles. The van der Waals surface area contributed by atoms with Crippen molar-refractivity contribution in [2.24, 2.45) is 0 Å². The molecule has 0 nitrogen and oxygen atoms in total. The fourth-order valence-corrected chi connectivity index (χ4v) is 8.73. The molecule has 0 radical (unpaired) electrons. The fraction of sp³-hybridized carbons (Fsp3) is 0.0968. The molecule has 1 aliphatic rings. The Kier molecular flexibility index (Phi) is 3.33. The van der Waals surface area contributed by atoms with Gasteiger partial charge < -0.3 is 0 Å². The molecule has 0 saturated carbocycles. The summed E-state index contributed by atoms with van der Waals surface area (Å²) in [5.41, 5.74) is 5.75. The number of hydrogen-bond donors (Lipinski definition) is 0. The maximum atomic E-state index is 2.39. The van der Waals surface area contributed by atoms with Gasteiger partial charge in [0.2, 0.25) is 0 Å². The predicted octanol–water partition coefficient (Wildman–Crippen LogP) is 9.88. The Labute approximate surface area is 199 Å². The smallest absolute Gasteiger partial charge is 0.0402 e. The number of benzene rings is 5. The van der Waals surface area contributed by atoms with Gasteiger partial charge in [0.1, 0.15) is 0 Å². The second-order valence-corrected chi connectivity index (χ2v) is 11.8. The third kappa shape index (κ3) is 2.16. The molecule has 0 N–H and O–H groups in total. The van der Waals surface area contributed by atoms with E-state index in [4.69, 9.17) is 0 Å². The van der Waals surface area contributed by atoms with Crippen LogP contribution < -0.4 is 0 Å². The minimum absolute atomic E-state index is 0.00646. The molecular formula is C31H20S2. The first-order valence-electron chi connectivity index (χ1n) is 11.5. The first-order chi connectivity index (χ1) is 16.1. The highest BCUT2D eigenvalue weighted by molar-refractivity contribution is 7.27. The lowest BCUT2D eigenvalue weighted by Crippen LogP contribution is -2.14. The van der Waals surface area contributed by atoms with Crippen LogP contribution in [0.25, 0.3) is 62.2 Å². The zero-order chi connectivity index (χ0) is 21.9. The van der Waals surface area contributed by atoms with Crippen molar-refractivity contribution < 1.29 is 0 Å². The van der Waals surface area contributed by atoms with Gasteiger partial charge in [0.25, 0.3) is 0 Å². The summed E-state index contributed by atoms with van der Waals surface area (Å²) in [6.45, 7) is 4.79. The Hall–Kier alpha value is -3.20. The van der Waals surface area contributed by atoms with E-state index in [-0.39, 0.29) is 5.41 Å². The van der Waals surface area contributed by atoms with E-state index < -0.39 is 0 Å². The Bertz CT molecular complexity index is 1950. The molecule has 2 aromatic heterocycles. The molecule has 0 aliphatic heterocycles. The standard InChI is InChI=1S/C31H20S2/c1-31(2)22-9-5-3-7-18(22)19-13-14-21-28-25(33-30(21)29(19)31)16-12-17-11-15-24-27(26(17)28)20-8-4-6-10-23(20)32-24/h3-16H,1-2H3. The van der Waals surface area contributed by atoms with Crippen LogP contribution >= 0.6 is 22.7 Å². The summed E-state index contributed by atoms with van der Waals surface area (Å²) in [7, 11) is 0. The number of hydrogen-bond acceptors (Lipinski definition) is 2. The molecule has 0 unspecified atom stereocenters. The highest BCUT2D eigenvalue weighted by Crippen LogP contribution is 2.54. The fourth-order valence-electron chi connectivity index (χ4n) is 6.20. The molecular weight excluding hydrogens is 436 g/mol. The normalized spacial score (nSPS) is 14.6. The average Bonchev–Trinajstić information content (AvgIpc) is 3.47. The summed E-state index contributed by atoms with van der Waals surface area (Å²) in [6, 6.07) is 31.9. The van der Waals surface area contributed by atoms with Gasteiger partial charge in [0.05, 0.1) is 0 Å². The number of fused-ring (bicyclic) bond motifs is 13. The Morgan fingerprint density at radius 3 is 2.15 bits per heavy atom. The first-order valence-corrected chi connectivity index (χ1v) is 13.1. The van der Waals surface area contributed by atoms with Crippen molar-refractivity contribution in [1.29, 1.82) is 0 Å². The quantitative estimate of drug-likeness (QED) is 0.213. The van der Waals surface area contributed by atoms with Gasteiger partial charge >= 0.3 is 0 Å². The SMILES string of the molecule is CC1(C)c2ccccc2-c2ccc3c(sc4ccc5ccc6sc7ccccc7c6c5c43)c21. The van der Waals surface area contributed by atoms with Gasteiger partial charge in [0.15, 0.2) is 0 Å². The van der Waals surface area contributed by atoms with Gasteiger partial charge in [-0.2, -0.15) is 0 Å². The van der Waals surface area contributed by atoms with Crippen molar-refractivity contribution in [3.05, 3.63) is 96.1 Å². The van der Waals surface area contributed by atoms with Crippen molar-refractivity contribution in [3.63, 3.8) is 0 Å². The third-order valence-corrected chi connectivity index (χ3v) is 9.97. The van der Waals surface area contributed by atoms with Crippen LogP contribution in [0.15, 0.2) is 84.9 Å². The predicted molar refractivity (Wildman–Crippen MR) is 147 cm³/mol. The van der Waals surface area contributed by atoms with Gasteiger partial charge in [-0.3, -0.25) is 0 Å². The highest BCUT2D eigenvalue weighted by Gasteiger charge is 2.37. The molecule has 0 atom stereocenters. The van der Waals surface area contributed by atoms with Crippen LogP contribution in [-0.4, -0.2) is 0 Å². The Morgan fingerprint density at radius 1 is 0.545 bits per heavy atom. The van der Waals surface area contributed by atoms with E-state index in [1.807, 2.05) is 22.7 Å². The minimum Gasteiger partial charge on any atom is -0.135 e. The third-order valence-electron chi connectivity index (χ3n) is 7.64. The lowest BCUT2D eigenvalue weighted by atomic mass is 9.82. The first kappa shape index (κ1) is 18.3. The van der Waals surface area contributed by atoms with Crippen molar-refractivity contribution in [2.75, 3.05) is 0 Å². The number of rotatable bonds is 0. The van der Waals surface area contributed by atoms with Crippen molar-refractivity contribution in [3.8, 4) is 11.1 Å². The maximum Gasteiger partial charge on any atom is 0.0402 e. The van der Waals surface area contributed by atoms with Gasteiger partial charge in [-0.1, -0.05) is 80.6 Å². The summed E-state index contributed by atoms with van der Waals surface area (Å²) >= 11 is 3.88. The largest absolute Gasteiger partial charge is 0.135 e. The van der Waals surface area contributed by atoms with Crippen LogP contribution in [0.2, 0.25) is 0 Å². The molecule has 33 heavy (non-hydrogen) atoms.